The monoisotopic (exact) mass is 493 g/mol. The van der Waals surface area contributed by atoms with Crippen molar-refractivity contribution >= 4 is 29.6 Å². The summed E-state index contributed by atoms with van der Waals surface area (Å²) >= 11 is 0. The Bertz CT molecular complexity index is 892. The normalized spacial score (nSPS) is 15.3. The van der Waals surface area contributed by atoms with Crippen LogP contribution in [0.15, 0.2) is 30.3 Å². The Morgan fingerprint density at radius 3 is 1.94 bits per heavy atom. The van der Waals surface area contributed by atoms with Crippen molar-refractivity contribution in [3.63, 3.8) is 0 Å². The molecule has 12 nitrogen and oxygen atoms in total. The molecule has 0 aliphatic rings. The van der Waals surface area contributed by atoms with Crippen molar-refractivity contribution in [2.75, 3.05) is 0 Å². The summed E-state index contributed by atoms with van der Waals surface area (Å²) < 4.78 is 0. The molecular weight excluding hydrogens is 458 g/mol. The van der Waals surface area contributed by atoms with E-state index in [0.29, 0.717) is 5.56 Å². The maximum atomic E-state index is 13.0. The first kappa shape index (κ1) is 29.5. The van der Waals surface area contributed by atoms with E-state index in [0.717, 1.165) is 0 Å². The molecule has 12 heteroatoms. The number of aliphatic carboxylic acids is 1. The van der Waals surface area contributed by atoms with Crippen molar-refractivity contribution in [3.05, 3.63) is 35.9 Å². The molecule has 194 valence electrons. The van der Waals surface area contributed by atoms with Gasteiger partial charge in [-0.3, -0.25) is 19.2 Å². The van der Waals surface area contributed by atoms with E-state index in [1.807, 2.05) is 0 Å². The zero-order valence-corrected chi connectivity index (χ0v) is 20.1. The number of carboxylic acids is 1. The minimum Gasteiger partial charge on any atom is -0.480 e. The van der Waals surface area contributed by atoms with E-state index in [2.05, 4.69) is 16.0 Å². The molecular formula is C23H35N5O7. The predicted molar refractivity (Wildman–Crippen MR) is 126 cm³/mol. The fourth-order valence-corrected chi connectivity index (χ4v) is 3.09. The fraction of sp³-hybridized carbons (Fsp3) is 0.522. The topological polar surface area (TPSA) is 214 Å². The lowest BCUT2D eigenvalue weighted by Gasteiger charge is -2.27. The number of hydrogen-bond acceptors (Lipinski definition) is 7. The quantitative estimate of drug-likeness (QED) is 0.160. The van der Waals surface area contributed by atoms with E-state index in [1.165, 1.54) is 6.92 Å². The molecule has 5 unspecified atom stereocenters. The van der Waals surface area contributed by atoms with Gasteiger partial charge in [0.1, 0.15) is 18.1 Å². The van der Waals surface area contributed by atoms with Crippen LogP contribution in [0.25, 0.3) is 0 Å². The Labute approximate surface area is 203 Å². The fourth-order valence-electron chi connectivity index (χ4n) is 3.09. The molecule has 0 fully saturated rings. The molecule has 0 aromatic heterocycles. The van der Waals surface area contributed by atoms with Crippen LogP contribution in [0.5, 0.6) is 0 Å². The molecule has 0 bridgehead atoms. The number of aliphatic hydroxyl groups is 1. The van der Waals surface area contributed by atoms with Crippen LogP contribution >= 0.6 is 0 Å². The summed E-state index contributed by atoms with van der Waals surface area (Å²) in [5.41, 5.74) is 11.6. The first-order valence-corrected chi connectivity index (χ1v) is 11.2. The van der Waals surface area contributed by atoms with Crippen LogP contribution in [0.2, 0.25) is 0 Å². The smallest absolute Gasteiger partial charge is 0.326 e. The Kier molecular flexibility index (Phi) is 11.8. The predicted octanol–water partition coefficient (Wildman–Crippen LogP) is -1.60. The minimum absolute atomic E-state index is 0.00739. The number of benzene rings is 1. The molecule has 1 aromatic carbocycles. The second kappa shape index (κ2) is 14.0. The van der Waals surface area contributed by atoms with Gasteiger partial charge in [0.25, 0.3) is 0 Å². The number of nitrogens with two attached hydrogens (primary N) is 2. The lowest BCUT2D eigenvalue weighted by Crippen LogP contribution is -2.60. The van der Waals surface area contributed by atoms with Gasteiger partial charge in [-0.05, 0) is 24.8 Å². The van der Waals surface area contributed by atoms with Crippen molar-refractivity contribution in [2.45, 2.75) is 70.3 Å². The van der Waals surface area contributed by atoms with Crippen LogP contribution < -0.4 is 27.4 Å². The van der Waals surface area contributed by atoms with Crippen molar-refractivity contribution in [3.8, 4) is 0 Å². The van der Waals surface area contributed by atoms with E-state index in [9.17, 15) is 34.2 Å². The van der Waals surface area contributed by atoms with Gasteiger partial charge in [-0.15, -0.1) is 0 Å². The summed E-state index contributed by atoms with van der Waals surface area (Å²) in [6, 6.07) is 3.64. The molecule has 0 saturated heterocycles. The van der Waals surface area contributed by atoms with Gasteiger partial charge < -0.3 is 37.6 Å². The second-order valence-corrected chi connectivity index (χ2v) is 8.65. The van der Waals surface area contributed by atoms with Gasteiger partial charge in [0.2, 0.25) is 23.6 Å². The summed E-state index contributed by atoms with van der Waals surface area (Å²) in [5.74, 6) is -4.66. The third-order valence-electron chi connectivity index (χ3n) is 5.29. The molecule has 0 heterocycles. The van der Waals surface area contributed by atoms with Crippen LogP contribution in [0.1, 0.15) is 39.2 Å². The van der Waals surface area contributed by atoms with Gasteiger partial charge >= 0.3 is 5.97 Å². The summed E-state index contributed by atoms with van der Waals surface area (Å²) in [6.45, 7) is 4.74. The molecule has 1 rings (SSSR count). The van der Waals surface area contributed by atoms with Gasteiger partial charge in [0, 0.05) is 12.8 Å². The molecule has 1 aromatic rings. The van der Waals surface area contributed by atoms with Crippen LogP contribution in [0.3, 0.4) is 0 Å². The highest BCUT2D eigenvalue weighted by Crippen LogP contribution is 2.07. The van der Waals surface area contributed by atoms with Crippen LogP contribution in [0, 0.1) is 5.92 Å². The van der Waals surface area contributed by atoms with Gasteiger partial charge in [0.05, 0.1) is 12.1 Å². The van der Waals surface area contributed by atoms with Crippen molar-refractivity contribution in [1.82, 2.24) is 16.0 Å². The highest BCUT2D eigenvalue weighted by atomic mass is 16.4. The van der Waals surface area contributed by atoms with Gasteiger partial charge in [0.15, 0.2) is 0 Å². The van der Waals surface area contributed by atoms with Gasteiger partial charge in [-0.1, -0.05) is 44.2 Å². The first-order chi connectivity index (χ1) is 16.3. The summed E-state index contributed by atoms with van der Waals surface area (Å²) in [5, 5.41) is 26.7. The molecule has 4 amide bonds. The number of carbonyl (C=O) groups is 5. The number of amides is 4. The number of hydrogen-bond donors (Lipinski definition) is 7. The standard InChI is InChI=1S/C23H35N5O7/c1-12(2)18(25)21(32)28-19(13(3)29)22(33)27-16(11-14-7-5-4-6-8-14)20(31)26-15(23(34)35)9-10-17(24)30/h4-8,12-13,15-16,18-19,29H,9-11,25H2,1-3H3,(H2,24,30)(H,26,31)(H,27,33)(H,28,32)(H,34,35). The lowest BCUT2D eigenvalue weighted by atomic mass is 10.0. The number of nitrogens with one attached hydrogen (secondary N) is 3. The van der Waals surface area contributed by atoms with E-state index >= 15 is 0 Å². The van der Waals surface area contributed by atoms with E-state index in [4.69, 9.17) is 11.5 Å². The summed E-state index contributed by atoms with van der Waals surface area (Å²) in [6.07, 6.45) is -1.82. The second-order valence-electron chi connectivity index (χ2n) is 8.65. The van der Waals surface area contributed by atoms with E-state index < -0.39 is 59.9 Å². The molecule has 5 atom stereocenters. The number of carbonyl (C=O) groups excluding carboxylic acids is 4. The summed E-state index contributed by atoms with van der Waals surface area (Å²) in [7, 11) is 0. The first-order valence-electron chi connectivity index (χ1n) is 11.2. The Morgan fingerprint density at radius 2 is 1.46 bits per heavy atom. The zero-order chi connectivity index (χ0) is 26.7. The molecule has 35 heavy (non-hydrogen) atoms. The third-order valence-corrected chi connectivity index (χ3v) is 5.29. The number of carboxylic acid groups (broad SMARTS) is 1. The van der Waals surface area contributed by atoms with Gasteiger partial charge in [-0.25, -0.2) is 4.79 Å². The number of rotatable bonds is 14. The lowest BCUT2D eigenvalue weighted by molar-refractivity contribution is -0.142. The Balaban J connectivity index is 3.10. The van der Waals surface area contributed by atoms with Crippen molar-refractivity contribution < 1.29 is 34.2 Å². The Hall–Kier alpha value is -3.51. The van der Waals surface area contributed by atoms with Crippen LogP contribution in [-0.2, 0) is 30.4 Å². The highest BCUT2D eigenvalue weighted by Gasteiger charge is 2.33. The number of aliphatic hydroxyl groups excluding tert-OH is 1. The molecule has 0 spiro atoms. The largest absolute Gasteiger partial charge is 0.480 e. The molecule has 0 radical (unpaired) electrons. The SMILES string of the molecule is CC(C)C(N)C(=O)NC(C(=O)NC(Cc1ccccc1)C(=O)NC(CCC(N)=O)C(=O)O)C(C)O. The highest BCUT2D eigenvalue weighted by molar-refractivity contribution is 5.94. The number of primary amides is 1. The third kappa shape index (κ3) is 10.1. The molecule has 9 N–H and O–H groups in total. The summed E-state index contributed by atoms with van der Waals surface area (Å²) in [4.78, 5) is 60.9. The van der Waals surface area contributed by atoms with E-state index in [-0.39, 0.29) is 25.2 Å². The maximum absolute atomic E-state index is 13.0. The van der Waals surface area contributed by atoms with Crippen molar-refractivity contribution in [1.29, 1.82) is 0 Å². The van der Waals surface area contributed by atoms with E-state index in [1.54, 1.807) is 44.2 Å². The van der Waals surface area contributed by atoms with Crippen molar-refractivity contribution in [2.24, 2.45) is 17.4 Å². The maximum Gasteiger partial charge on any atom is 0.326 e. The molecule has 0 aliphatic carbocycles. The minimum atomic E-state index is -1.42. The Morgan fingerprint density at radius 1 is 0.886 bits per heavy atom. The zero-order valence-electron chi connectivity index (χ0n) is 20.1. The van der Waals surface area contributed by atoms with Gasteiger partial charge in [-0.2, -0.15) is 0 Å². The van der Waals surface area contributed by atoms with Crippen LogP contribution in [-0.4, -0.2) is 70.1 Å². The molecule has 0 saturated carbocycles. The molecule has 0 aliphatic heterocycles. The van der Waals surface area contributed by atoms with Crippen LogP contribution in [0.4, 0.5) is 0 Å². The average Bonchev–Trinajstić information content (AvgIpc) is 2.78. The average molecular weight is 494 g/mol.